The first kappa shape index (κ1) is 23.7. The molecule has 0 aliphatic carbocycles. The van der Waals surface area contributed by atoms with Gasteiger partial charge in [-0.1, -0.05) is 30.3 Å². The van der Waals surface area contributed by atoms with Gasteiger partial charge in [-0.15, -0.1) is 0 Å². The average molecular weight is 446 g/mol. The summed E-state index contributed by atoms with van der Waals surface area (Å²) in [5.41, 5.74) is -0.535. The molecule has 0 N–H and O–H groups in total. The van der Waals surface area contributed by atoms with Gasteiger partial charge in [0.25, 0.3) is 0 Å². The highest BCUT2D eigenvalue weighted by Crippen LogP contribution is 2.40. The normalized spacial score (nSPS) is 21.2. The minimum atomic E-state index is -1.21. The molecule has 2 saturated heterocycles. The summed E-state index contributed by atoms with van der Waals surface area (Å²) >= 11 is 0. The number of imide groups is 1. The Morgan fingerprint density at radius 3 is 2.31 bits per heavy atom. The van der Waals surface area contributed by atoms with Crippen molar-refractivity contribution in [3.05, 3.63) is 35.9 Å². The van der Waals surface area contributed by atoms with Crippen molar-refractivity contribution in [2.24, 2.45) is 0 Å². The van der Waals surface area contributed by atoms with E-state index in [1.54, 1.807) is 36.0 Å². The zero-order valence-electron chi connectivity index (χ0n) is 18.7. The van der Waals surface area contributed by atoms with Crippen LogP contribution in [0, 0.1) is 0 Å². The third-order valence-corrected chi connectivity index (χ3v) is 6.08. The number of amides is 4. The standard InChI is InChI=1S/C23H31N3O6/c1-3-32-22(30)25-13-11-24(12-14-25)19(27)16-23(18-8-5-4-6-9-18)17-20(28)26(21(23)29)10-7-15-31-2/h4-6,8-9H,3,7,10-17H2,1-2H3/t23-/m0/s1. The van der Waals surface area contributed by atoms with E-state index in [1.165, 1.54) is 4.90 Å². The Morgan fingerprint density at radius 1 is 1.03 bits per heavy atom. The van der Waals surface area contributed by atoms with Gasteiger partial charge in [0.1, 0.15) is 0 Å². The summed E-state index contributed by atoms with van der Waals surface area (Å²) in [4.78, 5) is 55.9. The first-order valence-electron chi connectivity index (χ1n) is 11.0. The van der Waals surface area contributed by atoms with Crippen molar-refractivity contribution in [1.82, 2.24) is 14.7 Å². The maximum atomic E-state index is 13.5. The van der Waals surface area contributed by atoms with Crippen molar-refractivity contribution in [2.45, 2.75) is 31.6 Å². The summed E-state index contributed by atoms with van der Waals surface area (Å²) in [6.07, 6.45) is 0.0468. The molecule has 3 rings (SSSR count). The van der Waals surface area contributed by atoms with Crippen molar-refractivity contribution < 1.29 is 28.7 Å². The van der Waals surface area contributed by atoms with Crippen LogP contribution < -0.4 is 0 Å². The van der Waals surface area contributed by atoms with E-state index in [4.69, 9.17) is 9.47 Å². The number of hydrogen-bond acceptors (Lipinski definition) is 6. The Balaban J connectivity index is 1.75. The fraction of sp³-hybridized carbons (Fsp3) is 0.565. The third kappa shape index (κ3) is 4.93. The molecule has 2 fully saturated rings. The first-order chi connectivity index (χ1) is 15.4. The van der Waals surface area contributed by atoms with E-state index < -0.39 is 5.41 Å². The van der Waals surface area contributed by atoms with E-state index in [1.807, 2.05) is 18.2 Å². The molecule has 1 aromatic rings. The zero-order valence-corrected chi connectivity index (χ0v) is 18.7. The lowest BCUT2D eigenvalue weighted by atomic mass is 9.75. The van der Waals surface area contributed by atoms with Gasteiger partial charge in [0.05, 0.1) is 12.0 Å². The van der Waals surface area contributed by atoms with E-state index in [0.717, 1.165) is 0 Å². The number of piperazine rings is 1. The number of methoxy groups -OCH3 is 1. The Morgan fingerprint density at radius 2 is 1.69 bits per heavy atom. The smallest absolute Gasteiger partial charge is 0.409 e. The van der Waals surface area contributed by atoms with Gasteiger partial charge in [-0.2, -0.15) is 0 Å². The summed E-state index contributed by atoms with van der Waals surface area (Å²) < 4.78 is 10.1. The van der Waals surface area contributed by atoms with Crippen LogP contribution in [0.1, 0.15) is 31.7 Å². The van der Waals surface area contributed by atoms with Gasteiger partial charge < -0.3 is 19.3 Å². The van der Waals surface area contributed by atoms with Crippen molar-refractivity contribution in [2.75, 3.05) is 53.0 Å². The minimum absolute atomic E-state index is 0.0304. The molecule has 32 heavy (non-hydrogen) atoms. The topological polar surface area (TPSA) is 96.5 Å². The summed E-state index contributed by atoms with van der Waals surface area (Å²) in [5, 5.41) is 0. The average Bonchev–Trinajstić information content (AvgIpc) is 3.05. The van der Waals surface area contributed by atoms with Gasteiger partial charge in [0.2, 0.25) is 17.7 Å². The molecule has 9 nitrogen and oxygen atoms in total. The minimum Gasteiger partial charge on any atom is -0.450 e. The summed E-state index contributed by atoms with van der Waals surface area (Å²) in [6, 6.07) is 9.06. The van der Waals surface area contributed by atoms with Crippen LogP contribution in [0.2, 0.25) is 0 Å². The highest BCUT2D eigenvalue weighted by molar-refractivity contribution is 6.10. The molecule has 0 radical (unpaired) electrons. The third-order valence-electron chi connectivity index (χ3n) is 6.08. The molecule has 1 atom stereocenters. The summed E-state index contributed by atoms with van der Waals surface area (Å²) in [5.74, 6) is -0.796. The van der Waals surface area contributed by atoms with Gasteiger partial charge in [0, 0.05) is 59.3 Å². The Kier molecular flexibility index (Phi) is 7.84. The van der Waals surface area contributed by atoms with Gasteiger partial charge in [-0.3, -0.25) is 19.3 Å². The lowest BCUT2D eigenvalue weighted by Crippen LogP contribution is -2.52. The van der Waals surface area contributed by atoms with Gasteiger partial charge in [-0.25, -0.2) is 4.79 Å². The van der Waals surface area contributed by atoms with Crippen LogP contribution in [0.3, 0.4) is 0 Å². The van der Waals surface area contributed by atoms with Gasteiger partial charge >= 0.3 is 6.09 Å². The van der Waals surface area contributed by atoms with E-state index in [9.17, 15) is 19.2 Å². The fourth-order valence-electron chi connectivity index (χ4n) is 4.34. The largest absolute Gasteiger partial charge is 0.450 e. The predicted octanol–water partition coefficient (Wildman–Crippen LogP) is 1.41. The number of benzene rings is 1. The van der Waals surface area contributed by atoms with Crippen LogP contribution in [-0.4, -0.2) is 91.6 Å². The molecule has 0 spiro atoms. The van der Waals surface area contributed by atoms with Crippen LogP contribution in [-0.2, 0) is 29.3 Å². The van der Waals surface area contributed by atoms with Crippen LogP contribution in [0.4, 0.5) is 4.79 Å². The Labute approximate surface area is 188 Å². The van der Waals surface area contributed by atoms with Crippen molar-refractivity contribution in [3.8, 4) is 0 Å². The van der Waals surface area contributed by atoms with E-state index in [2.05, 4.69) is 0 Å². The lowest BCUT2D eigenvalue weighted by molar-refractivity contribution is -0.143. The number of rotatable bonds is 8. The molecular weight excluding hydrogens is 414 g/mol. The number of ether oxygens (including phenoxy) is 2. The maximum absolute atomic E-state index is 13.5. The second-order valence-electron chi connectivity index (χ2n) is 8.07. The van der Waals surface area contributed by atoms with Crippen molar-refractivity contribution >= 4 is 23.8 Å². The predicted molar refractivity (Wildman–Crippen MR) is 116 cm³/mol. The number of hydrogen-bond donors (Lipinski definition) is 0. The van der Waals surface area contributed by atoms with E-state index in [-0.39, 0.29) is 43.2 Å². The quantitative estimate of drug-likeness (QED) is 0.443. The summed E-state index contributed by atoms with van der Waals surface area (Å²) in [7, 11) is 1.57. The van der Waals surface area contributed by atoms with Crippen molar-refractivity contribution in [1.29, 1.82) is 0 Å². The lowest BCUT2D eigenvalue weighted by Gasteiger charge is -2.36. The molecule has 174 valence electrons. The second-order valence-corrected chi connectivity index (χ2v) is 8.07. The monoisotopic (exact) mass is 445 g/mol. The molecule has 0 aromatic heterocycles. The molecule has 9 heteroatoms. The first-order valence-corrected chi connectivity index (χ1v) is 11.0. The molecule has 0 unspecified atom stereocenters. The summed E-state index contributed by atoms with van der Waals surface area (Å²) in [6.45, 7) is 4.24. The van der Waals surface area contributed by atoms with Crippen LogP contribution in [0.25, 0.3) is 0 Å². The number of nitrogens with zero attached hydrogens (tertiary/aromatic N) is 3. The highest BCUT2D eigenvalue weighted by atomic mass is 16.6. The molecule has 2 aliphatic rings. The van der Waals surface area contributed by atoms with Gasteiger partial charge in [-0.05, 0) is 18.9 Å². The molecular formula is C23H31N3O6. The fourth-order valence-corrected chi connectivity index (χ4v) is 4.34. The molecule has 0 bridgehead atoms. The number of likely N-dealkylation sites (tertiary alicyclic amines) is 1. The van der Waals surface area contributed by atoms with Crippen molar-refractivity contribution in [3.63, 3.8) is 0 Å². The number of carbonyl (C=O) groups is 4. The molecule has 0 saturated carbocycles. The molecule has 4 amide bonds. The zero-order chi connectivity index (χ0) is 23.1. The van der Waals surface area contributed by atoms with E-state index >= 15 is 0 Å². The number of carbonyl (C=O) groups excluding carboxylic acids is 4. The van der Waals surface area contributed by atoms with Crippen LogP contribution >= 0.6 is 0 Å². The Hall–Kier alpha value is -2.94. The maximum Gasteiger partial charge on any atom is 0.409 e. The second kappa shape index (κ2) is 10.6. The SMILES string of the molecule is CCOC(=O)N1CCN(C(=O)C[C@@]2(c3ccccc3)CC(=O)N(CCCOC)C2=O)CC1. The molecule has 1 aromatic carbocycles. The van der Waals surface area contributed by atoms with E-state index in [0.29, 0.717) is 51.4 Å². The van der Waals surface area contributed by atoms with Gasteiger partial charge in [0.15, 0.2) is 0 Å². The van der Waals surface area contributed by atoms with Crippen LogP contribution in [0.5, 0.6) is 0 Å². The highest BCUT2D eigenvalue weighted by Gasteiger charge is 2.53. The van der Waals surface area contributed by atoms with Crippen LogP contribution in [0.15, 0.2) is 30.3 Å². The Bertz CT molecular complexity index is 837. The molecule has 2 heterocycles. The molecule has 2 aliphatic heterocycles.